The molecule has 23 heavy (non-hydrogen) atoms. The molecule has 1 aliphatic rings. The number of carbonyl (C=O) groups excluding carboxylic acids is 1. The summed E-state index contributed by atoms with van der Waals surface area (Å²) in [7, 11) is 0. The number of urea groups is 1. The predicted molar refractivity (Wildman–Crippen MR) is 86.4 cm³/mol. The number of nitrogens with one attached hydrogen (secondary N) is 1. The Balaban J connectivity index is 2.09. The van der Waals surface area contributed by atoms with Gasteiger partial charge in [-0.2, -0.15) is 0 Å². The fourth-order valence-electron chi connectivity index (χ4n) is 2.70. The highest BCUT2D eigenvalue weighted by Crippen LogP contribution is 2.23. The van der Waals surface area contributed by atoms with E-state index in [0.717, 1.165) is 12.0 Å². The lowest BCUT2D eigenvalue weighted by molar-refractivity contribution is -0.385. The molecular formula is C16H23N3O4. The van der Waals surface area contributed by atoms with Gasteiger partial charge in [-0.3, -0.25) is 10.1 Å². The largest absolute Gasteiger partial charge is 0.377 e. The molecular weight excluding hydrogens is 298 g/mol. The van der Waals surface area contributed by atoms with Crippen molar-refractivity contribution in [3.05, 3.63) is 39.4 Å². The third kappa shape index (κ3) is 3.98. The molecule has 7 heteroatoms. The molecule has 2 rings (SSSR count). The number of carbonyl (C=O) groups is 1. The number of nitro groups is 1. The fourth-order valence-corrected chi connectivity index (χ4v) is 2.70. The van der Waals surface area contributed by atoms with Gasteiger partial charge in [-0.1, -0.05) is 19.1 Å². The van der Waals surface area contributed by atoms with E-state index in [2.05, 4.69) is 5.32 Å². The van der Waals surface area contributed by atoms with E-state index < -0.39 is 4.92 Å². The molecule has 1 fully saturated rings. The lowest BCUT2D eigenvalue weighted by Crippen LogP contribution is -2.52. The van der Waals surface area contributed by atoms with Gasteiger partial charge in [0.05, 0.1) is 30.2 Å². The summed E-state index contributed by atoms with van der Waals surface area (Å²) in [4.78, 5) is 24.9. The van der Waals surface area contributed by atoms with Crippen molar-refractivity contribution in [3.8, 4) is 0 Å². The molecule has 0 aliphatic carbocycles. The van der Waals surface area contributed by atoms with Gasteiger partial charge in [0, 0.05) is 18.2 Å². The number of amides is 2. The zero-order valence-electron chi connectivity index (χ0n) is 13.7. The van der Waals surface area contributed by atoms with Crippen molar-refractivity contribution in [2.75, 3.05) is 19.8 Å². The molecule has 1 aliphatic heterocycles. The minimum Gasteiger partial charge on any atom is -0.377 e. The van der Waals surface area contributed by atoms with Crippen LogP contribution in [0.1, 0.15) is 37.4 Å². The SMILES string of the molecule is CC[C@H]1COCCN1C(=O)N[C@@H](C)c1ccc(C)c([N+](=O)[O-])c1. The maximum atomic E-state index is 12.5. The van der Waals surface area contributed by atoms with E-state index in [1.807, 2.05) is 19.9 Å². The molecule has 1 heterocycles. The summed E-state index contributed by atoms with van der Waals surface area (Å²) in [6, 6.07) is 4.65. The highest BCUT2D eigenvalue weighted by molar-refractivity contribution is 5.75. The van der Waals surface area contributed by atoms with Gasteiger partial charge in [0.1, 0.15) is 0 Å². The molecule has 126 valence electrons. The summed E-state index contributed by atoms with van der Waals surface area (Å²) in [6.07, 6.45) is 0.831. The summed E-state index contributed by atoms with van der Waals surface area (Å²) in [5.41, 5.74) is 1.40. The molecule has 1 aromatic rings. The molecule has 0 unspecified atom stereocenters. The Morgan fingerprint density at radius 2 is 2.30 bits per heavy atom. The average Bonchev–Trinajstić information content (AvgIpc) is 2.54. The van der Waals surface area contributed by atoms with E-state index in [0.29, 0.717) is 25.3 Å². The van der Waals surface area contributed by atoms with E-state index in [1.165, 1.54) is 6.07 Å². The lowest BCUT2D eigenvalue weighted by Gasteiger charge is -2.35. The molecule has 0 aromatic heterocycles. The zero-order valence-corrected chi connectivity index (χ0v) is 13.7. The molecule has 1 aromatic carbocycles. The molecule has 2 atom stereocenters. The van der Waals surface area contributed by atoms with Crippen LogP contribution in [-0.4, -0.2) is 41.7 Å². The highest BCUT2D eigenvalue weighted by atomic mass is 16.6. The Kier molecular flexibility index (Phi) is 5.54. The second kappa shape index (κ2) is 7.41. The first-order valence-electron chi connectivity index (χ1n) is 7.83. The van der Waals surface area contributed by atoms with Gasteiger partial charge in [0.25, 0.3) is 5.69 Å². The van der Waals surface area contributed by atoms with E-state index in [9.17, 15) is 14.9 Å². The number of nitrogens with zero attached hydrogens (tertiary/aromatic N) is 2. The number of morpholine rings is 1. The maximum absolute atomic E-state index is 12.5. The second-order valence-electron chi connectivity index (χ2n) is 5.80. The van der Waals surface area contributed by atoms with Gasteiger partial charge in [-0.05, 0) is 25.8 Å². The Labute approximate surface area is 135 Å². The summed E-state index contributed by atoms with van der Waals surface area (Å²) < 4.78 is 5.40. The number of ether oxygens (including phenoxy) is 1. The summed E-state index contributed by atoms with van der Waals surface area (Å²) in [6.45, 7) is 7.19. The number of aryl methyl sites for hydroxylation is 1. The Bertz CT molecular complexity index is 591. The third-order valence-electron chi connectivity index (χ3n) is 4.23. The predicted octanol–water partition coefficient (Wildman–Crippen LogP) is 2.78. The quantitative estimate of drug-likeness (QED) is 0.682. The normalized spacial score (nSPS) is 19.3. The maximum Gasteiger partial charge on any atom is 0.318 e. The Hall–Kier alpha value is -2.15. The standard InChI is InChI=1S/C16H23N3O4/c1-4-14-10-23-8-7-18(14)16(20)17-12(3)13-6-5-11(2)15(9-13)19(21)22/h5-6,9,12,14H,4,7-8,10H2,1-3H3,(H,17,20)/t12-,14-/m0/s1. The van der Waals surface area contributed by atoms with E-state index >= 15 is 0 Å². The first kappa shape index (κ1) is 17.2. The molecule has 0 spiro atoms. The number of hydrogen-bond donors (Lipinski definition) is 1. The molecule has 2 amide bonds. The van der Waals surface area contributed by atoms with Crippen LogP contribution in [-0.2, 0) is 4.74 Å². The summed E-state index contributed by atoms with van der Waals surface area (Å²) >= 11 is 0. The van der Waals surface area contributed by atoms with Crippen molar-refractivity contribution in [3.63, 3.8) is 0 Å². The Morgan fingerprint density at radius 1 is 1.57 bits per heavy atom. The molecule has 0 saturated carbocycles. The monoisotopic (exact) mass is 321 g/mol. The minimum atomic E-state index is -0.400. The van der Waals surface area contributed by atoms with E-state index in [1.54, 1.807) is 17.9 Å². The molecule has 1 saturated heterocycles. The number of benzene rings is 1. The zero-order chi connectivity index (χ0) is 17.0. The summed E-state index contributed by atoms with van der Waals surface area (Å²) in [5, 5.41) is 14.0. The van der Waals surface area contributed by atoms with Crippen molar-refractivity contribution < 1.29 is 14.5 Å². The smallest absolute Gasteiger partial charge is 0.318 e. The van der Waals surface area contributed by atoms with Crippen LogP contribution >= 0.6 is 0 Å². The molecule has 1 N–H and O–H groups in total. The van der Waals surface area contributed by atoms with Crippen molar-refractivity contribution in [2.24, 2.45) is 0 Å². The van der Waals surface area contributed by atoms with Crippen LogP contribution in [0.3, 0.4) is 0 Å². The first-order chi connectivity index (χ1) is 10.9. The number of nitro benzene ring substituents is 1. The average molecular weight is 321 g/mol. The van der Waals surface area contributed by atoms with E-state index in [-0.39, 0.29) is 23.8 Å². The molecule has 0 radical (unpaired) electrons. The molecule has 0 bridgehead atoms. The van der Waals surface area contributed by atoms with Crippen LogP contribution in [0, 0.1) is 17.0 Å². The van der Waals surface area contributed by atoms with Gasteiger partial charge in [-0.25, -0.2) is 4.79 Å². The van der Waals surface area contributed by atoms with Gasteiger partial charge in [0.2, 0.25) is 0 Å². The second-order valence-corrected chi connectivity index (χ2v) is 5.80. The lowest BCUT2D eigenvalue weighted by atomic mass is 10.0. The van der Waals surface area contributed by atoms with Crippen molar-refractivity contribution >= 4 is 11.7 Å². The van der Waals surface area contributed by atoms with Crippen molar-refractivity contribution in [1.82, 2.24) is 10.2 Å². The van der Waals surface area contributed by atoms with Crippen LogP contribution in [0.5, 0.6) is 0 Å². The number of hydrogen-bond acceptors (Lipinski definition) is 4. The van der Waals surface area contributed by atoms with Gasteiger partial charge in [-0.15, -0.1) is 0 Å². The van der Waals surface area contributed by atoms with Crippen LogP contribution in [0.15, 0.2) is 18.2 Å². The Morgan fingerprint density at radius 3 is 2.96 bits per heavy atom. The van der Waals surface area contributed by atoms with Crippen molar-refractivity contribution in [2.45, 2.75) is 39.3 Å². The first-order valence-corrected chi connectivity index (χ1v) is 7.83. The van der Waals surface area contributed by atoms with E-state index in [4.69, 9.17) is 4.74 Å². The van der Waals surface area contributed by atoms with Crippen LogP contribution < -0.4 is 5.32 Å². The molecule has 7 nitrogen and oxygen atoms in total. The minimum absolute atomic E-state index is 0.0707. The fraction of sp³-hybridized carbons (Fsp3) is 0.562. The summed E-state index contributed by atoms with van der Waals surface area (Å²) in [5.74, 6) is 0. The van der Waals surface area contributed by atoms with Gasteiger partial charge < -0.3 is 15.0 Å². The van der Waals surface area contributed by atoms with Gasteiger partial charge in [0.15, 0.2) is 0 Å². The number of rotatable bonds is 4. The van der Waals surface area contributed by atoms with Gasteiger partial charge >= 0.3 is 6.03 Å². The van der Waals surface area contributed by atoms with Crippen molar-refractivity contribution in [1.29, 1.82) is 0 Å². The van der Waals surface area contributed by atoms with Crippen LogP contribution in [0.25, 0.3) is 0 Å². The third-order valence-corrected chi connectivity index (χ3v) is 4.23. The van der Waals surface area contributed by atoms with Crippen LogP contribution in [0.2, 0.25) is 0 Å². The highest BCUT2D eigenvalue weighted by Gasteiger charge is 2.27. The topological polar surface area (TPSA) is 84.7 Å². The van der Waals surface area contributed by atoms with Crippen LogP contribution in [0.4, 0.5) is 10.5 Å².